The lowest BCUT2D eigenvalue weighted by Gasteiger charge is -2.38. The number of benzene rings is 1. The Kier molecular flexibility index (Phi) is 4.02. The van der Waals surface area contributed by atoms with Gasteiger partial charge in [-0.3, -0.25) is 10.1 Å². The lowest BCUT2D eigenvalue weighted by atomic mass is 9.97. The second kappa shape index (κ2) is 5.60. The summed E-state index contributed by atoms with van der Waals surface area (Å²) in [5, 5.41) is 10.8. The van der Waals surface area contributed by atoms with Gasteiger partial charge in [-0.1, -0.05) is 17.7 Å². The fraction of sp³-hybridized carbons (Fsp3) is 0.375. The van der Waals surface area contributed by atoms with Crippen LogP contribution >= 0.6 is 0 Å². The lowest BCUT2D eigenvalue weighted by molar-refractivity contribution is -0.385. The summed E-state index contributed by atoms with van der Waals surface area (Å²) in [6.45, 7) is 7.83. The van der Waals surface area contributed by atoms with Crippen LogP contribution in [-0.2, 0) is 0 Å². The van der Waals surface area contributed by atoms with E-state index in [9.17, 15) is 10.1 Å². The summed E-state index contributed by atoms with van der Waals surface area (Å²) < 4.78 is 11.8. The molecule has 112 valence electrons. The Morgan fingerprint density at radius 2 is 2.10 bits per heavy atom. The van der Waals surface area contributed by atoms with Crippen LogP contribution in [0, 0.1) is 10.1 Å². The third-order valence-corrected chi connectivity index (χ3v) is 3.44. The highest BCUT2D eigenvalue weighted by molar-refractivity contribution is 5.50. The van der Waals surface area contributed by atoms with Crippen molar-refractivity contribution in [3.63, 3.8) is 0 Å². The van der Waals surface area contributed by atoms with Crippen LogP contribution in [-0.4, -0.2) is 16.6 Å². The molecule has 1 aliphatic heterocycles. The highest BCUT2D eigenvalue weighted by atomic mass is 16.6. The van der Waals surface area contributed by atoms with E-state index in [0.717, 1.165) is 0 Å². The molecular weight excluding hydrogens is 270 g/mol. The maximum Gasteiger partial charge on any atom is 0.273 e. The van der Waals surface area contributed by atoms with Crippen LogP contribution in [0.1, 0.15) is 27.7 Å². The molecule has 1 heterocycles. The van der Waals surface area contributed by atoms with Crippen molar-refractivity contribution >= 4 is 5.69 Å². The zero-order valence-corrected chi connectivity index (χ0v) is 12.6. The second-order valence-electron chi connectivity index (χ2n) is 5.54. The Balaban J connectivity index is 2.33. The smallest absolute Gasteiger partial charge is 0.273 e. The zero-order valence-electron chi connectivity index (χ0n) is 12.6. The summed E-state index contributed by atoms with van der Waals surface area (Å²) in [6.07, 6.45) is 5.60. The number of non-ortho nitro benzene ring substituents is 1. The van der Waals surface area contributed by atoms with Crippen molar-refractivity contribution in [2.45, 2.75) is 39.4 Å². The van der Waals surface area contributed by atoms with Gasteiger partial charge in [0, 0.05) is 6.07 Å². The van der Waals surface area contributed by atoms with Crippen molar-refractivity contribution < 1.29 is 14.4 Å². The number of hydrogen-bond acceptors (Lipinski definition) is 4. The molecule has 0 aliphatic carbocycles. The van der Waals surface area contributed by atoms with E-state index in [1.54, 1.807) is 6.07 Å². The van der Waals surface area contributed by atoms with Crippen LogP contribution < -0.4 is 9.47 Å². The summed E-state index contributed by atoms with van der Waals surface area (Å²) in [7, 11) is 0. The first-order chi connectivity index (χ1) is 9.82. The first-order valence-electron chi connectivity index (χ1n) is 6.78. The van der Waals surface area contributed by atoms with Gasteiger partial charge in [-0.2, -0.15) is 0 Å². The molecule has 0 spiro atoms. The number of ether oxygens (including phenoxy) is 2. The Morgan fingerprint density at radius 1 is 1.38 bits per heavy atom. The third kappa shape index (κ3) is 3.24. The highest BCUT2D eigenvalue weighted by Crippen LogP contribution is 2.40. The molecule has 0 amide bonds. The molecule has 0 N–H and O–H groups in total. The molecule has 5 heteroatoms. The molecule has 5 nitrogen and oxygen atoms in total. The molecule has 2 atom stereocenters. The van der Waals surface area contributed by atoms with Gasteiger partial charge in [0.2, 0.25) is 0 Å². The van der Waals surface area contributed by atoms with E-state index in [2.05, 4.69) is 0 Å². The summed E-state index contributed by atoms with van der Waals surface area (Å²) in [5.41, 5.74) is 0.492. The van der Waals surface area contributed by atoms with Crippen LogP contribution in [0.25, 0.3) is 0 Å². The van der Waals surface area contributed by atoms with Gasteiger partial charge in [0.15, 0.2) is 17.1 Å². The molecule has 21 heavy (non-hydrogen) atoms. The molecule has 0 unspecified atom stereocenters. The second-order valence-corrected chi connectivity index (χ2v) is 5.54. The standard InChI is InChI=1S/C16H19NO4/c1-11(2)6-5-9-16(4)12(3)20-14-8-7-13(17(18)19)10-15(14)21-16/h5-10,12H,1-4H3/b9-5-/t12-,16+/m1/s1. The molecule has 0 aromatic heterocycles. The molecule has 1 aliphatic rings. The Bertz CT molecular complexity index is 617. The van der Waals surface area contributed by atoms with Gasteiger partial charge < -0.3 is 9.47 Å². The maximum atomic E-state index is 10.8. The molecule has 1 aromatic carbocycles. The average Bonchev–Trinajstić information content (AvgIpc) is 2.39. The molecule has 0 saturated heterocycles. The van der Waals surface area contributed by atoms with Gasteiger partial charge in [-0.05, 0) is 39.8 Å². The Morgan fingerprint density at radius 3 is 2.71 bits per heavy atom. The zero-order chi connectivity index (χ0) is 15.6. The summed E-state index contributed by atoms with van der Waals surface area (Å²) in [6, 6.07) is 4.38. The van der Waals surface area contributed by atoms with Crippen LogP contribution in [0.2, 0.25) is 0 Å². The van der Waals surface area contributed by atoms with Crippen molar-refractivity contribution in [2.24, 2.45) is 0 Å². The summed E-state index contributed by atoms with van der Waals surface area (Å²) in [5.74, 6) is 0.924. The van der Waals surface area contributed by atoms with Gasteiger partial charge in [0.05, 0.1) is 11.0 Å². The van der Waals surface area contributed by atoms with Crippen molar-refractivity contribution in [2.75, 3.05) is 0 Å². The van der Waals surface area contributed by atoms with E-state index in [4.69, 9.17) is 9.47 Å². The fourth-order valence-electron chi connectivity index (χ4n) is 2.02. The van der Waals surface area contributed by atoms with Gasteiger partial charge in [-0.25, -0.2) is 0 Å². The van der Waals surface area contributed by atoms with Crippen LogP contribution in [0.5, 0.6) is 11.5 Å². The van der Waals surface area contributed by atoms with Crippen molar-refractivity contribution in [1.82, 2.24) is 0 Å². The third-order valence-electron chi connectivity index (χ3n) is 3.44. The van der Waals surface area contributed by atoms with E-state index in [0.29, 0.717) is 11.5 Å². The number of rotatable bonds is 3. The van der Waals surface area contributed by atoms with Gasteiger partial charge in [0.25, 0.3) is 5.69 Å². The van der Waals surface area contributed by atoms with E-state index < -0.39 is 10.5 Å². The van der Waals surface area contributed by atoms with Crippen LogP contribution in [0.3, 0.4) is 0 Å². The number of nitrogens with zero attached hydrogens (tertiary/aromatic N) is 1. The molecule has 0 bridgehead atoms. The number of nitro benzene ring substituents is 1. The topological polar surface area (TPSA) is 61.6 Å². The minimum Gasteiger partial charge on any atom is -0.482 e. The SMILES string of the molecule is CC(C)=C/C=C\[C@]1(C)Oc2cc([N+](=O)[O-])ccc2O[C@@H]1C. The van der Waals surface area contributed by atoms with E-state index in [1.807, 2.05) is 45.9 Å². The molecule has 0 fully saturated rings. The quantitative estimate of drug-likeness (QED) is 0.478. The predicted octanol–water partition coefficient (Wildman–Crippen LogP) is 4.04. The lowest BCUT2D eigenvalue weighted by Crippen LogP contribution is -2.47. The Hall–Kier alpha value is -2.30. The first kappa shape index (κ1) is 15.1. The summed E-state index contributed by atoms with van der Waals surface area (Å²) >= 11 is 0. The monoisotopic (exact) mass is 289 g/mol. The van der Waals surface area contributed by atoms with Crippen molar-refractivity contribution in [3.8, 4) is 11.5 Å². The maximum absolute atomic E-state index is 10.8. The number of fused-ring (bicyclic) bond motifs is 1. The first-order valence-corrected chi connectivity index (χ1v) is 6.78. The number of hydrogen-bond donors (Lipinski definition) is 0. The Labute approximate surface area is 124 Å². The molecule has 2 rings (SSSR count). The summed E-state index contributed by atoms with van der Waals surface area (Å²) in [4.78, 5) is 10.4. The normalized spacial score (nSPS) is 23.9. The van der Waals surface area contributed by atoms with Crippen LogP contribution in [0.4, 0.5) is 5.69 Å². The van der Waals surface area contributed by atoms with Crippen molar-refractivity contribution in [1.29, 1.82) is 0 Å². The van der Waals surface area contributed by atoms with Gasteiger partial charge in [-0.15, -0.1) is 0 Å². The van der Waals surface area contributed by atoms with E-state index >= 15 is 0 Å². The molecular formula is C16H19NO4. The van der Waals surface area contributed by atoms with Crippen LogP contribution in [0.15, 0.2) is 42.0 Å². The van der Waals surface area contributed by atoms with E-state index in [-0.39, 0.29) is 11.8 Å². The van der Waals surface area contributed by atoms with Crippen molar-refractivity contribution in [3.05, 3.63) is 52.1 Å². The van der Waals surface area contributed by atoms with Gasteiger partial charge >= 0.3 is 0 Å². The van der Waals surface area contributed by atoms with Gasteiger partial charge in [0.1, 0.15) is 6.10 Å². The van der Waals surface area contributed by atoms with E-state index in [1.165, 1.54) is 17.7 Å². The minimum atomic E-state index is -0.672. The predicted molar refractivity (Wildman–Crippen MR) is 80.8 cm³/mol. The molecule has 1 aromatic rings. The number of nitro groups is 1. The molecule has 0 saturated carbocycles. The largest absolute Gasteiger partial charge is 0.482 e. The number of allylic oxidation sites excluding steroid dienone is 3. The average molecular weight is 289 g/mol. The minimum absolute atomic E-state index is 0.0115. The molecule has 0 radical (unpaired) electrons. The fourth-order valence-corrected chi connectivity index (χ4v) is 2.02. The highest BCUT2D eigenvalue weighted by Gasteiger charge is 2.38.